The van der Waals surface area contributed by atoms with Crippen LogP contribution in [0, 0.1) is 11.8 Å². The van der Waals surface area contributed by atoms with Gasteiger partial charge in [0.2, 0.25) is 0 Å². The van der Waals surface area contributed by atoms with E-state index in [2.05, 4.69) is 5.32 Å². The first kappa shape index (κ1) is 11.6. The summed E-state index contributed by atoms with van der Waals surface area (Å²) in [6.45, 7) is 0. The van der Waals surface area contributed by atoms with Crippen LogP contribution in [0.2, 0.25) is 0 Å². The average molecular weight is 257 g/mol. The smallest absolute Gasteiger partial charge is 0.182 e. The van der Waals surface area contributed by atoms with Crippen LogP contribution >= 0.6 is 0 Å². The van der Waals surface area contributed by atoms with Gasteiger partial charge in [-0.15, -0.1) is 0 Å². The molecular weight excluding hydrogens is 238 g/mol. The van der Waals surface area contributed by atoms with Crippen molar-refractivity contribution in [3.63, 3.8) is 0 Å². The number of aliphatic hydroxyl groups excluding tert-OH is 1. The molecule has 0 amide bonds. The summed E-state index contributed by atoms with van der Waals surface area (Å²) < 4.78 is 0. The van der Waals surface area contributed by atoms with E-state index in [9.17, 15) is 9.90 Å². The van der Waals surface area contributed by atoms with Crippen LogP contribution in [-0.4, -0.2) is 28.6 Å². The number of benzene rings is 1. The Hall–Kier alpha value is -1.19. The minimum absolute atomic E-state index is 0.124. The number of rotatable bonds is 2. The molecule has 100 valence electrons. The van der Waals surface area contributed by atoms with Gasteiger partial charge in [0.25, 0.3) is 0 Å². The SMILES string of the molecule is O=C(c1ccccc1)C12CC3CC(C1)C(O)C(C3)N2. The zero-order valence-electron chi connectivity index (χ0n) is 10.9. The summed E-state index contributed by atoms with van der Waals surface area (Å²) in [5, 5.41) is 13.7. The van der Waals surface area contributed by atoms with E-state index in [1.54, 1.807) is 0 Å². The molecule has 2 saturated heterocycles. The van der Waals surface area contributed by atoms with Gasteiger partial charge in [-0.25, -0.2) is 0 Å². The molecule has 3 nitrogen and oxygen atoms in total. The largest absolute Gasteiger partial charge is 0.391 e. The van der Waals surface area contributed by atoms with Crippen LogP contribution in [0.1, 0.15) is 36.0 Å². The number of carbonyl (C=O) groups is 1. The van der Waals surface area contributed by atoms with E-state index >= 15 is 0 Å². The molecule has 2 N–H and O–H groups in total. The fraction of sp³-hybridized carbons (Fsp3) is 0.562. The third kappa shape index (κ3) is 1.61. The zero-order chi connectivity index (χ0) is 13.0. The highest BCUT2D eigenvalue weighted by Crippen LogP contribution is 2.50. The van der Waals surface area contributed by atoms with E-state index in [0.717, 1.165) is 31.2 Å². The van der Waals surface area contributed by atoms with Gasteiger partial charge in [0.05, 0.1) is 11.6 Å². The maximum atomic E-state index is 12.9. The number of piperidine rings is 2. The molecule has 2 saturated carbocycles. The Morgan fingerprint density at radius 1 is 1.21 bits per heavy atom. The van der Waals surface area contributed by atoms with Crippen LogP contribution in [0.4, 0.5) is 0 Å². The van der Waals surface area contributed by atoms with Gasteiger partial charge in [0.15, 0.2) is 5.78 Å². The van der Waals surface area contributed by atoms with Crippen molar-refractivity contribution < 1.29 is 9.90 Å². The van der Waals surface area contributed by atoms with Gasteiger partial charge in [-0.1, -0.05) is 30.3 Å². The summed E-state index contributed by atoms with van der Waals surface area (Å²) in [4.78, 5) is 12.9. The molecule has 3 heteroatoms. The lowest BCUT2D eigenvalue weighted by Crippen LogP contribution is -2.72. The van der Waals surface area contributed by atoms with Crippen LogP contribution in [0.15, 0.2) is 30.3 Å². The van der Waals surface area contributed by atoms with Crippen LogP contribution in [-0.2, 0) is 0 Å². The molecule has 0 aromatic heterocycles. The van der Waals surface area contributed by atoms with Gasteiger partial charge in [0, 0.05) is 11.6 Å². The number of hydrogen-bond donors (Lipinski definition) is 2. The van der Waals surface area contributed by atoms with Gasteiger partial charge in [-0.3, -0.25) is 10.1 Å². The monoisotopic (exact) mass is 257 g/mol. The highest BCUT2D eigenvalue weighted by Gasteiger charge is 2.57. The molecule has 2 aliphatic heterocycles. The quantitative estimate of drug-likeness (QED) is 0.794. The number of hydrogen-bond acceptors (Lipinski definition) is 3. The summed E-state index contributed by atoms with van der Waals surface area (Å²) in [6.07, 6.45) is 3.62. The van der Waals surface area contributed by atoms with Gasteiger partial charge in [-0.2, -0.15) is 0 Å². The number of Topliss-reactive ketones (excluding diaryl/α,β-unsaturated/α-hetero) is 1. The van der Waals surface area contributed by atoms with Crippen LogP contribution in [0.5, 0.6) is 0 Å². The van der Waals surface area contributed by atoms with Crippen molar-refractivity contribution >= 4 is 5.78 Å². The number of ketones is 1. The van der Waals surface area contributed by atoms with Crippen molar-refractivity contribution in [1.29, 1.82) is 0 Å². The average Bonchev–Trinajstić information content (AvgIpc) is 2.44. The lowest BCUT2D eigenvalue weighted by molar-refractivity contribution is -0.0824. The van der Waals surface area contributed by atoms with Crippen molar-refractivity contribution in [3.05, 3.63) is 35.9 Å². The van der Waals surface area contributed by atoms with Crippen molar-refractivity contribution in [2.75, 3.05) is 0 Å². The molecule has 0 spiro atoms. The van der Waals surface area contributed by atoms with Crippen LogP contribution < -0.4 is 5.32 Å². The van der Waals surface area contributed by atoms with Crippen molar-refractivity contribution in [2.24, 2.45) is 11.8 Å². The summed E-state index contributed by atoms with van der Waals surface area (Å²) in [6, 6.07) is 9.70. The first-order valence-electron chi connectivity index (χ1n) is 7.23. The Bertz CT molecular complexity index is 497. The van der Waals surface area contributed by atoms with Crippen molar-refractivity contribution in [1.82, 2.24) is 5.32 Å². The van der Waals surface area contributed by atoms with E-state index in [1.807, 2.05) is 30.3 Å². The summed E-state index contributed by atoms with van der Waals surface area (Å²) in [5.74, 6) is 1.15. The Morgan fingerprint density at radius 3 is 2.74 bits per heavy atom. The summed E-state index contributed by atoms with van der Waals surface area (Å²) >= 11 is 0. The highest BCUT2D eigenvalue weighted by atomic mass is 16.3. The Kier molecular flexibility index (Phi) is 2.39. The summed E-state index contributed by atoms with van der Waals surface area (Å²) in [5.41, 5.74) is 0.392. The standard InChI is InChI=1S/C16H19NO2/c18-14-12-6-10-7-13(14)17-16(8-10,9-12)15(19)11-4-2-1-3-5-11/h1-5,10,12-14,17-18H,6-9H2. The minimum atomic E-state index is -0.406. The second-order valence-corrected chi connectivity index (χ2v) is 6.52. The van der Waals surface area contributed by atoms with E-state index in [4.69, 9.17) is 0 Å². The van der Waals surface area contributed by atoms with E-state index < -0.39 is 5.54 Å². The minimum Gasteiger partial charge on any atom is -0.391 e. The lowest BCUT2D eigenvalue weighted by Gasteiger charge is -2.58. The van der Waals surface area contributed by atoms with Gasteiger partial charge < -0.3 is 5.11 Å². The van der Waals surface area contributed by atoms with Crippen molar-refractivity contribution in [2.45, 2.75) is 43.4 Å². The maximum absolute atomic E-state index is 12.9. The highest BCUT2D eigenvalue weighted by molar-refractivity contribution is 6.03. The number of carbonyl (C=O) groups excluding carboxylic acids is 1. The molecule has 2 aliphatic carbocycles. The van der Waals surface area contributed by atoms with Gasteiger partial charge in [0.1, 0.15) is 0 Å². The van der Waals surface area contributed by atoms with Gasteiger partial charge in [-0.05, 0) is 37.5 Å². The molecule has 4 aliphatic rings. The molecule has 4 bridgehead atoms. The third-order valence-corrected chi connectivity index (χ3v) is 5.30. The molecule has 2 heterocycles. The molecule has 1 aromatic rings. The normalized spacial score (nSPS) is 43.4. The zero-order valence-corrected chi connectivity index (χ0v) is 10.9. The number of nitrogens with one attached hydrogen (secondary N) is 1. The third-order valence-electron chi connectivity index (χ3n) is 5.30. The molecule has 5 rings (SSSR count). The molecular formula is C16H19NO2. The van der Waals surface area contributed by atoms with Crippen LogP contribution in [0.25, 0.3) is 0 Å². The maximum Gasteiger partial charge on any atom is 0.182 e. The second kappa shape index (κ2) is 3.90. The molecule has 1 aromatic carbocycles. The summed E-state index contributed by atoms with van der Waals surface area (Å²) in [7, 11) is 0. The van der Waals surface area contributed by atoms with Crippen LogP contribution in [0.3, 0.4) is 0 Å². The van der Waals surface area contributed by atoms with E-state index in [1.165, 1.54) is 0 Å². The molecule has 0 radical (unpaired) electrons. The fourth-order valence-electron chi connectivity index (χ4n) is 4.62. The molecule has 5 atom stereocenters. The van der Waals surface area contributed by atoms with Gasteiger partial charge >= 0.3 is 0 Å². The Labute approximate surface area is 113 Å². The van der Waals surface area contributed by atoms with E-state index in [0.29, 0.717) is 11.8 Å². The molecule has 19 heavy (non-hydrogen) atoms. The topological polar surface area (TPSA) is 49.3 Å². The lowest BCUT2D eigenvalue weighted by atomic mass is 9.56. The molecule has 4 fully saturated rings. The Morgan fingerprint density at radius 2 is 2.00 bits per heavy atom. The molecule has 5 unspecified atom stereocenters. The first-order valence-corrected chi connectivity index (χ1v) is 7.23. The Balaban J connectivity index is 1.70. The predicted molar refractivity (Wildman–Crippen MR) is 71.9 cm³/mol. The predicted octanol–water partition coefficient (Wildman–Crippen LogP) is 1.76. The van der Waals surface area contributed by atoms with Crippen molar-refractivity contribution in [3.8, 4) is 0 Å². The second-order valence-electron chi connectivity index (χ2n) is 6.52. The fourth-order valence-corrected chi connectivity index (χ4v) is 4.62. The number of aliphatic hydroxyl groups is 1. The first-order chi connectivity index (χ1) is 9.18. The van der Waals surface area contributed by atoms with E-state index in [-0.39, 0.29) is 17.9 Å².